The van der Waals surface area contributed by atoms with Crippen molar-refractivity contribution in [2.45, 2.75) is 31.8 Å². The molecule has 0 amide bonds. The van der Waals surface area contributed by atoms with E-state index in [0.29, 0.717) is 5.25 Å². The molecule has 0 bridgehead atoms. The van der Waals surface area contributed by atoms with Gasteiger partial charge in [-0.1, -0.05) is 11.8 Å². The van der Waals surface area contributed by atoms with Crippen LogP contribution in [0.15, 0.2) is 0 Å². The monoisotopic (exact) mass is 201 g/mol. The second kappa shape index (κ2) is 5.03. The summed E-state index contributed by atoms with van der Waals surface area (Å²) in [6.45, 7) is 5.17. The van der Waals surface area contributed by atoms with E-state index in [0.717, 1.165) is 25.9 Å². The summed E-state index contributed by atoms with van der Waals surface area (Å²) in [6, 6.07) is 0. The number of nitrogens with zero attached hydrogens (tertiary/aromatic N) is 1. The van der Waals surface area contributed by atoms with E-state index < -0.39 is 0 Å². The Bertz CT molecular complexity index is 189. The lowest BCUT2D eigenvalue weighted by Gasteiger charge is -2.32. The molecule has 1 N–H and O–H groups in total. The molecule has 1 saturated heterocycles. The molecule has 1 heterocycles. The molecule has 1 aliphatic rings. The third kappa shape index (κ3) is 3.71. The van der Waals surface area contributed by atoms with Gasteiger partial charge in [-0.05, 0) is 26.2 Å². The number of carbonyl (C=O) groups is 1. The average Bonchev–Trinajstić information content (AvgIpc) is 2.03. The van der Waals surface area contributed by atoms with Crippen LogP contribution < -0.4 is 0 Å². The van der Waals surface area contributed by atoms with Gasteiger partial charge in [-0.15, -0.1) is 0 Å². The predicted octanol–water partition coefficient (Wildman–Crippen LogP) is 0.841. The van der Waals surface area contributed by atoms with Crippen LogP contribution in [0.3, 0.4) is 0 Å². The molecule has 13 heavy (non-hydrogen) atoms. The average molecular weight is 201 g/mol. The van der Waals surface area contributed by atoms with Crippen LogP contribution in [0.25, 0.3) is 0 Å². The third-order valence-corrected chi connectivity index (χ3v) is 3.32. The Morgan fingerprint density at radius 1 is 1.69 bits per heavy atom. The molecule has 0 aromatic heterocycles. The van der Waals surface area contributed by atoms with Gasteiger partial charge in [-0.3, -0.25) is 4.79 Å². The predicted molar refractivity (Wildman–Crippen MR) is 56.7 cm³/mol. The molecule has 1 atom stereocenters. The Labute approximate surface area is 84.0 Å². The maximum absolute atomic E-state index is 10.9. The number of hydrogen-bond acceptors (Lipinski definition) is 4. The quantitative estimate of drug-likeness (QED) is 0.672. The van der Waals surface area contributed by atoms with Gasteiger partial charge in [0.2, 0.25) is 0 Å². The number of rotatable bonds is 2. The zero-order valence-corrected chi connectivity index (χ0v) is 9.01. The van der Waals surface area contributed by atoms with Crippen molar-refractivity contribution in [1.29, 1.82) is 0 Å². The molecule has 1 rings (SSSR count). The fourth-order valence-corrected chi connectivity index (χ4v) is 2.66. The van der Waals surface area contributed by atoms with Crippen LogP contribution in [-0.4, -0.2) is 40.3 Å². The first-order valence-corrected chi connectivity index (χ1v) is 5.57. The van der Waals surface area contributed by atoms with Crippen molar-refractivity contribution in [3.63, 3.8) is 0 Å². The second-order valence-electron chi connectivity index (χ2n) is 3.50. The van der Waals surface area contributed by atoms with E-state index >= 15 is 0 Å². The van der Waals surface area contributed by atoms with E-state index in [-0.39, 0.29) is 12.2 Å². The van der Waals surface area contributed by atoms with E-state index in [2.05, 4.69) is 0 Å². The summed E-state index contributed by atoms with van der Waals surface area (Å²) in [4.78, 5) is 12.9. The lowest BCUT2D eigenvalue weighted by molar-refractivity contribution is -0.109. The fraction of sp³-hybridized carbons (Fsp3) is 0.875. The summed E-state index contributed by atoms with van der Waals surface area (Å²) in [5, 5.41) is 9.91. The number of carbonyl (C=O) groups excluding carboxylic acids is 1. The normalized spacial score (nSPS) is 24.4. The van der Waals surface area contributed by atoms with E-state index in [1.54, 1.807) is 13.7 Å². The van der Waals surface area contributed by atoms with Crippen LogP contribution in [0.1, 0.15) is 19.8 Å². The molecule has 1 fully saturated rings. The number of hydrogen-bond donors (Lipinski definition) is 1. The largest absolute Gasteiger partial charge is 0.437 e. The van der Waals surface area contributed by atoms with Gasteiger partial charge >= 0.3 is 7.05 Å². The van der Waals surface area contributed by atoms with Crippen LogP contribution >= 0.6 is 11.8 Å². The highest BCUT2D eigenvalue weighted by atomic mass is 32.2. The molecule has 0 aromatic carbocycles. The van der Waals surface area contributed by atoms with Gasteiger partial charge in [-0.25, -0.2) is 0 Å². The Hall–Kier alpha value is 0.00494. The van der Waals surface area contributed by atoms with Crippen molar-refractivity contribution < 1.29 is 9.82 Å². The first kappa shape index (κ1) is 11.1. The topological polar surface area (TPSA) is 40.5 Å². The molecule has 0 aromatic rings. The molecule has 1 aliphatic heterocycles. The Morgan fingerprint density at radius 3 is 2.92 bits per heavy atom. The number of thioether (sulfide) groups is 1. The Balaban J connectivity index is 2.37. The smallest absolute Gasteiger partial charge is 0.376 e. The molecular weight excluding hydrogens is 185 g/mol. The van der Waals surface area contributed by atoms with Gasteiger partial charge in [0.05, 0.1) is 0 Å². The molecule has 3 nitrogen and oxygen atoms in total. The van der Waals surface area contributed by atoms with Crippen LogP contribution in [0.2, 0.25) is 6.82 Å². The number of piperidine rings is 1. The minimum absolute atomic E-state index is 0.178. The molecular formula is C8H16BNO2S. The van der Waals surface area contributed by atoms with Crippen molar-refractivity contribution in [2.75, 3.05) is 13.1 Å². The van der Waals surface area contributed by atoms with Crippen molar-refractivity contribution in [3.8, 4) is 0 Å². The van der Waals surface area contributed by atoms with Gasteiger partial charge in [0.1, 0.15) is 0 Å². The van der Waals surface area contributed by atoms with E-state index in [9.17, 15) is 9.82 Å². The molecule has 1 unspecified atom stereocenters. The summed E-state index contributed by atoms with van der Waals surface area (Å²) in [5.41, 5.74) is 0. The molecule has 74 valence electrons. The van der Waals surface area contributed by atoms with Crippen LogP contribution in [-0.2, 0) is 4.79 Å². The molecule has 0 spiro atoms. The van der Waals surface area contributed by atoms with Crippen molar-refractivity contribution in [2.24, 2.45) is 0 Å². The third-order valence-electron chi connectivity index (χ3n) is 2.27. The van der Waals surface area contributed by atoms with Crippen LogP contribution in [0.5, 0.6) is 0 Å². The minimum atomic E-state index is -0.379. The summed E-state index contributed by atoms with van der Waals surface area (Å²) in [5.74, 6) is 0. The molecule has 0 aliphatic carbocycles. The standard InChI is InChI=1S/C8H16BNO2S/c1-7(11)13-8-4-3-5-10(6-8)9(2)12/h8,12H,3-6H2,1-2H3. The summed E-state index contributed by atoms with van der Waals surface area (Å²) in [6.07, 6.45) is 2.17. The van der Waals surface area contributed by atoms with Crippen molar-refractivity contribution >= 4 is 23.9 Å². The van der Waals surface area contributed by atoms with E-state index in [4.69, 9.17) is 0 Å². The van der Waals surface area contributed by atoms with Gasteiger partial charge < -0.3 is 9.83 Å². The van der Waals surface area contributed by atoms with Gasteiger partial charge in [0.25, 0.3) is 0 Å². The fourth-order valence-electron chi connectivity index (χ4n) is 1.64. The summed E-state index contributed by atoms with van der Waals surface area (Å²) in [7, 11) is -0.379. The maximum Gasteiger partial charge on any atom is 0.376 e. The maximum atomic E-state index is 10.9. The highest BCUT2D eigenvalue weighted by molar-refractivity contribution is 8.14. The van der Waals surface area contributed by atoms with Gasteiger partial charge in [0.15, 0.2) is 5.12 Å². The Kier molecular flexibility index (Phi) is 4.29. The Morgan fingerprint density at radius 2 is 2.38 bits per heavy atom. The first-order valence-electron chi connectivity index (χ1n) is 4.69. The van der Waals surface area contributed by atoms with E-state index in [1.807, 2.05) is 4.81 Å². The summed E-state index contributed by atoms with van der Waals surface area (Å²) >= 11 is 1.40. The van der Waals surface area contributed by atoms with Crippen LogP contribution in [0, 0.1) is 0 Å². The second-order valence-corrected chi connectivity index (χ2v) is 4.98. The molecule has 5 heteroatoms. The lowest BCUT2D eigenvalue weighted by atomic mass is 9.83. The zero-order valence-electron chi connectivity index (χ0n) is 8.19. The molecule has 0 saturated carbocycles. The van der Waals surface area contributed by atoms with Crippen LogP contribution in [0.4, 0.5) is 0 Å². The minimum Gasteiger partial charge on any atom is -0.437 e. The van der Waals surface area contributed by atoms with Gasteiger partial charge in [-0.2, -0.15) is 0 Å². The zero-order chi connectivity index (χ0) is 9.84. The highest BCUT2D eigenvalue weighted by Gasteiger charge is 2.25. The van der Waals surface area contributed by atoms with Crippen molar-refractivity contribution in [1.82, 2.24) is 4.81 Å². The highest BCUT2D eigenvalue weighted by Crippen LogP contribution is 2.22. The van der Waals surface area contributed by atoms with Gasteiger partial charge in [0, 0.05) is 18.7 Å². The summed E-state index contributed by atoms with van der Waals surface area (Å²) < 4.78 is 0. The first-order chi connectivity index (χ1) is 6.09. The SMILES string of the molecule is CB(O)N1CCCC(SC(C)=O)C1. The molecule has 0 radical (unpaired) electrons. The van der Waals surface area contributed by atoms with Crippen molar-refractivity contribution in [3.05, 3.63) is 0 Å². The lowest BCUT2D eigenvalue weighted by Crippen LogP contribution is -2.45. The van der Waals surface area contributed by atoms with E-state index in [1.165, 1.54) is 11.8 Å².